The first-order valence-electron chi connectivity index (χ1n) is 2.36. The highest BCUT2D eigenvalue weighted by atomic mass is 16.2. The van der Waals surface area contributed by atoms with Crippen LogP contribution in [0.3, 0.4) is 0 Å². The SMILES string of the molecule is [N-]=[N+]=NC(=O)CC(=O)N=[N+]=[N-]. The van der Waals surface area contributed by atoms with Gasteiger partial charge in [-0.1, -0.05) is 0 Å². The Bertz CT molecular complexity index is 242. The Hall–Kier alpha value is -2.04. The van der Waals surface area contributed by atoms with Gasteiger partial charge in [0.15, 0.2) is 0 Å². The van der Waals surface area contributed by atoms with Crippen LogP contribution < -0.4 is 0 Å². The van der Waals surface area contributed by atoms with E-state index in [0.29, 0.717) is 0 Å². The number of carbonyl (C=O) groups excluding carboxylic acids is 2. The fourth-order valence-corrected chi connectivity index (χ4v) is 0.300. The molecule has 0 aromatic rings. The zero-order chi connectivity index (χ0) is 8.69. The van der Waals surface area contributed by atoms with Gasteiger partial charge in [0.05, 0.1) is 6.42 Å². The van der Waals surface area contributed by atoms with Crippen molar-refractivity contribution < 1.29 is 9.59 Å². The summed E-state index contributed by atoms with van der Waals surface area (Å²) in [5.41, 5.74) is 15.4. The molecule has 8 heteroatoms. The van der Waals surface area contributed by atoms with E-state index in [0.717, 1.165) is 0 Å². The zero-order valence-corrected chi connectivity index (χ0v) is 5.21. The van der Waals surface area contributed by atoms with E-state index in [1.165, 1.54) is 0 Å². The summed E-state index contributed by atoms with van der Waals surface area (Å²) in [6, 6.07) is 0. The summed E-state index contributed by atoms with van der Waals surface area (Å²) < 4.78 is 0. The average molecular weight is 154 g/mol. The van der Waals surface area contributed by atoms with Crippen molar-refractivity contribution in [1.29, 1.82) is 0 Å². The van der Waals surface area contributed by atoms with Crippen molar-refractivity contribution in [3.63, 3.8) is 0 Å². The third-order valence-corrected chi connectivity index (χ3v) is 0.615. The Labute approximate surface area is 60.1 Å². The van der Waals surface area contributed by atoms with Gasteiger partial charge in [-0.2, -0.15) is 0 Å². The summed E-state index contributed by atoms with van der Waals surface area (Å²) in [6.45, 7) is 0. The molecule has 0 fully saturated rings. The van der Waals surface area contributed by atoms with E-state index >= 15 is 0 Å². The van der Waals surface area contributed by atoms with Crippen LogP contribution in [0.25, 0.3) is 20.9 Å². The van der Waals surface area contributed by atoms with E-state index in [1.807, 2.05) is 0 Å². The van der Waals surface area contributed by atoms with Gasteiger partial charge in [-0.3, -0.25) is 9.59 Å². The number of hydrogen-bond acceptors (Lipinski definition) is 2. The van der Waals surface area contributed by atoms with Gasteiger partial charge >= 0.3 is 0 Å². The highest BCUT2D eigenvalue weighted by Crippen LogP contribution is 1.89. The van der Waals surface area contributed by atoms with Gasteiger partial charge in [0.25, 0.3) is 0 Å². The topological polar surface area (TPSA) is 132 Å². The van der Waals surface area contributed by atoms with Crippen LogP contribution in [0.15, 0.2) is 10.2 Å². The molecule has 0 saturated carbocycles. The maximum absolute atomic E-state index is 10.3. The molecule has 0 aromatic carbocycles. The smallest absolute Gasteiger partial charge is 0.226 e. The molecule has 0 N–H and O–H groups in total. The predicted octanol–water partition coefficient (Wildman–Crippen LogP) is 1.05. The second kappa shape index (κ2) is 4.80. The minimum atomic E-state index is -0.968. The molecule has 0 saturated heterocycles. The Balaban J connectivity index is 4.05. The summed E-state index contributed by atoms with van der Waals surface area (Å²) >= 11 is 0. The summed E-state index contributed by atoms with van der Waals surface area (Å²) in [7, 11) is 0. The van der Waals surface area contributed by atoms with Crippen LogP contribution in [0.1, 0.15) is 6.42 Å². The Morgan fingerprint density at radius 2 is 1.45 bits per heavy atom. The summed E-state index contributed by atoms with van der Waals surface area (Å²) in [6.07, 6.45) is -0.686. The van der Waals surface area contributed by atoms with Gasteiger partial charge in [-0.25, -0.2) is 0 Å². The van der Waals surface area contributed by atoms with E-state index in [1.54, 1.807) is 0 Å². The number of hydrogen-bond donors (Lipinski definition) is 0. The quantitative estimate of drug-likeness (QED) is 0.254. The lowest BCUT2D eigenvalue weighted by Gasteiger charge is -1.82. The number of rotatable bonds is 2. The molecular formula is C3H2N6O2. The highest BCUT2D eigenvalue weighted by molar-refractivity contribution is 5.97. The second-order valence-electron chi connectivity index (χ2n) is 1.34. The third-order valence-electron chi connectivity index (χ3n) is 0.615. The number of carbonyl (C=O) groups is 2. The van der Waals surface area contributed by atoms with Crippen LogP contribution in [-0.4, -0.2) is 11.8 Å². The van der Waals surface area contributed by atoms with Crippen LogP contribution in [0.4, 0.5) is 0 Å². The molecule has 0 aliphatic carbocycles. The average Bonchev–Trinajstić information content (AvgIpc) is 1.87. The molecule has 0 bridgehead atoms. The first kappa shape index (κ1) is 8.96. The largest absolute Gasteiger partial charge is 0.292 e. The van der Waals surface area contributed by atoms with Crippen molar-refractivity contribution in [1.82, 2.24) is 0 Å². The molecule has 0 unspecified atom stereocenters. The van der Waals surface area contributed by atoms with Gasteiger partial charge in [-0.05, 0) is 21.3 Å². The van der Waals surface area contributed by atoms with Gasteiger partial charge in [-0.15, -0.1) is 0 Å². The van der Waals surface area contributed by atoms with E-state index in [9.17, 15) is 9.59 Å². The molecule has 0 aromatic heterocycles. The highest BCUT2D eigenvalue weighted by Gasteiger charge is 2.03. The molecule has 11 heavy (non-hydrogen) atoms. The Kier molecular flexibility index (Phi) is 3.91. The second-order valence-corrected chi connectivity index (χ2v) is 1.34. The maximum atomic E-state index is 10.3. The predicted molar refractivity (Wildman–Crippen MR) is 32.9 cm³/mol. The molecule has 0 spiro atoms. The molecule has 0 aliphatic heterocycles. The van der Waals surface area contributed by atoms with Crippen LogP contribution in [-0.2, 0) is 9.59 Å². The fraction of sp³-hybridized carbons (Fsp3) is 0.333. The first-order valence-corrected chi connectivity index (χ1v) is 2.36. The summed E-state index contributed by atoms with van der Waals surface area (Å²) in [5, 5.41) is 5.17. The van der Waals surface area contributed by atoms with Gasteiger partial charge < -0.3 is 0 Å². The molecule has 0 rings (SSSR count). The molecule has 0 radical (unpaired) electrons. The van der Waals surface area contributed by atoms with Gasteiger partial charge in [0, 0.05) is 9.82 Å². The van der Waals surface area contributed by atoms with Crippen molar-refractivity contribution >= 4 is 11.8 Å². The van der Waals surface area contributed by atoms with Crippen molar-refractivity contribution in [3.8, 4) is 0 Å². The van der Waals surface area contributed by atoms with Crippen molar-refractivity contribution in [2.45, 2.75) is 6.42 Å². The van der Waals surface area contributed by atoms with E-state index in [4.69, 9.17) is 11.1 Å². The maximum Gasteiger partial charge on any atom is 0.226 e. The standard InChI is InChI=1S/C3H2N6O2/c4-8-6-2(10)1-3(11)7-9-5/h1H2. The van der Waals surface area contributed by atoms with E-state index < -0.39 is 18.2 Å². The number of nitrogens with zero attached hydrogens (tertiary/aromatic N) is 6. The van der Waals surface area contributed by atoms with Crippen molar-refractivity contribution in [2.24, 2.45) is 10.2 Å². The molecule has 0 aliphatic rings. The normalized spacial score (nSPS) is 7.27. The van der Waals surface area contributed by atoms with Gasteiger partial charge in [0.2, 0.25) is 11.8 Å². The van der Waals surface area contributed by atoms with Gasteiger partial charge in [0.1, 0.15) is 0 Å². The summed E-state index contributed by atoms with van der Waals surface area (Å²) in [5.74, 6) is -1.94. The molecular weight excluding hydrogens is 152 g/mol. The van der Waals surface area contributed by atoms with E-state index in [-0.39, 0.29) is 0 Å². The molecule has 0 atom stereocenters. The molecule has 8 nitrogen and oxygen atoms in total. The van der Waals surface area contributed by atoms with Crippen molar-refractivity contribution in [2.75, 3.05) is 0 Å². The summed E-state index contributed by atoms with van der Waals surface area (Å²) in [4.78, 5) is 24.9. The molecule has 56 valence electrons. The van der Waals surface area contributed by atoms with Crippen LogP contribution in [0.5, 0.6) is 0 Å². The third kappa shape index (κ3) is 4.46. The monoisotopic (exact) mass is 154 g/mol. The first-order chi connectivity index (χ1) is 5.20. The fourth-order valence-electron chi connectivity index (χ4n) is 0.300. The van der Waals surface area contributed by atoms with Crippen LogP contribution in [0.2, 0.25) is 0 Å². The lowest BCUT2D eigenvalue weighted by molar-refractivity contribution is -0.125. The lowest BCUT2D eigenvalue weighted by Crippen LogP contribution is -2.00. The Morgan fingerprint density at radius 1 is 1.09 bits per heavy atom. The minimum Gasteiger partial charge on any atom is -0.292 e. The molecule has 2 amide bonds. The van der Waals surface area contributed by atoms with E-state index in [2.05, 4.69) is 20.1 Å². The Morgan fingerprint density at radius 3 is 1.73 bits per heavy atom. The van der Waals surface area contributed by atoms with Crippen LogP contribution in [0, 0.1) is 0 Å². The van der Waals surface area contributed by atoms with Crippen LogP contribution >= 0.6 is 0 Å². The minimum absolute atomic E-state index is 0.686. The number of amides is 2. The molecule has 0 heterocycles. The lowest BCUT2D eigenvalue weighted by atomic mass is 10.4. The zero-order valence-electron chi connectivity index (χ0n) is 5.21. The number of azide groups is 2. The van der Waals surface area contributed by atoms with Crippen molar-refractivity contribution in [3.05, 3.63) is 20.9 Å².